The van der Waals surface area contributed by atoms with E-state index in [-0.39, 0.29) is 23.8 Å². The van der Waals surface area contributed by atoms with Gasteiger partial charge in [-0.1, -0.05) is 0 Å². The number of aromatic nitrogens is 1. The van der Waals surface area contributed by atoms with Crippen molar-refractivity contribution in [3.05, 3.63) is 16.1 Å². The third kappa shape index (κ3) is 3.21. The van der Waals surface area contributed by atoms with E-state index in [0.29, 0.717) is 18.9 Å². The van der Waals surface area contributed by atoms with E-state index < -0.39 is 0 Å². The second-order valence-corrected chi connectivity index (χ2v) is 8.40. The Labute approximate surface area is 147 Å². The molecule has 2 atom stereocenters. The van der Waals surface area contributed by atoms with E-state index in [1.807, 2.05) is 16.7 Å². The van der Waals surface area contributed by atoms with Gasteiger partial charge in [0.2, 0.25) is 11.8 Å². The Morgan fingerprint density at radius 1 is 1.33 bits per heavy atom. The van der Waals surface area contributed by atoms with Gasteiger partial charge in [0.25, 0.3) is 0 Å². The predicted molar refractivity (Wildman–Crippen MR) is 92.6 cm³/mol. The zero-order chi connectivity index (χ0) is 16.7. The fourth-order valence-electron chi connectivity index (χ4n) is 3.94. The molecule has 0 bridgehead atoms. The smallest absolute Gasteiger partial charge is 0.228 e. The van der Waals surface area contributed by atoms with Crippen molar-refractivity contribution in [1.82, 2.24) is 14.8 Å². The van der Waals surface area contributed by atoms with Gasteiger partial charge in [-0.05, 0) is 44.9 Å². The van der Waals surface area contributed by atoms with E-state index in [2.05, 4.69) is 10.4 Å². The van der Waals surface area contributed by atoms with Crippen LogP contribution in [0.3, 0.4) is 0 Å². The zero-order valence-corrected chi connectivity index (χ0v) is 15.1. The number of carbonyl (C=O) groups is 2. The molecule has 1 saturated carbocycles. The van der Waals surface area contributed by atoms with Gasteiger partial charge in [0, 0.05) is 37.1 Å². The van der Waals surface area contributed by atoms with Crippen LogP contribution in [0.4, 0.5) is 0 Å². The van der Waals surface area contributed by atoms with Crippen molar-refractivity contribution >= 4 is 23.2 Å². The quantitative estimate of drug-likeness (QED) is 0.841. The highest BCUT2D eigenvalue weighted by Crippen LogP contribution is 2.36. The zero-order valence-electron chi connectivity index (χ0n) is 14.2. The Balaban J connectivity index is 1.46. The summed E-state index contributed by atoms with van der Waals surface area (Å²) in [6, 6.07) is 0.109. The molecule has 5 nitrogen and oxygen atoms in total. The van der Waals surface area contributed by atoms with E-state index in [1.165, 1.54) is 12.8 Å². The third-order valence-corrected chi connectivity index (χ3v) is 6.51. The summed E-state index contributed by atoms with van der Waals surface area (Å²) in [5.74, 6) is 0.861. The monoisotopic (exact) mass is 347 g/mol. The summed E-state index contributed by atoms with van der Waals surface area (Å²) >= 11 is 1.66. The summed E-state index contributed by atoms with van der Waals surface area (Å²) in [6.45, 7) is 4.28. The number of likely N-dealkylation sites (tertiary alicyclic amines) is 2. The van der Waals surface area contributed by atoms with Gasteiger partial charge in [-0.2, -0.15) is 0 Å². The lowest BCUT2D eigenvalue weighted by atomic mass is 9.99. The number of amides is 2. The molecule has 1 aliphatic carbocycles. The van der Waals surface area contributed by atoms with Crippen molar-refractivity contribution in [1.29, 1.82) is 0 Å². The van der Waals surface area contributed by atoms with Gasteiger partial charge in [0.1, 0.15) is 5.01 Å². The first kappa shape index (κ1) is 16.1. The van der Waals surface area contributed by atoms with E-state index in [9.17, 15) is 9.59 Å². The first-order valence-corrected chi connectivity index (χ1v) is 10.00. The van der Waals surface area contributed by atoms with Crippen LogP contribution >= 0.6 is 11.3 Å². The molecule has 0 N–H and O–H groups in total. The number of nitrogens with zero attached hydrogens (tertiary/aromatic N) is 3. The lowest BCUT2D eigenvalue weighted by Gasteiger charge is -2.36. The highest BCUT2D eigenvalue weighted by Gasteiger charge is 2.41. The summed E-state index contributed by atoms with van der Waals surface area (Å²) in [6.07, 6.45) is 6.06. The van der Waals surface area contributed by atoms with Crippen molar-refractivity contribution in [2.24, 2.45) is 11.8 Å². The molecule has 0 radical (unpaired) electrons. The van der Waals surface area contributed by atoms with Gasteiger partial charge < -0.3 is 9.80 Å². The molecule has 4 rings (SSSR count). The Kier molecular flexibility index (Phi) is 4.33. The molecule has 0 aromatic carbocycles. The molecule has 3 heterocycles. The van der Waals surface area contributed by atoms with Crippen LogP contribution in [-0.2, 0) is 9.59 Å². The van der Waals surface area contributed by atoms with Crippen LogP contribution < -0.4 is 0 Å². The van der Waals surface area contributed by atoms with Gasteiger partial charge in [0.15, 0.2) is 0 Å². The minimum atomic E-state index is -0.155. The molecule has 0 spiro atoms. The van der Waals surface area contributed by atoms with E-state index in [4.69, 9.17) is 0 Å². The van der Waals surface area contributed by atoms with Crippen molar-refractivity contribution in [3.8, 4) is 0 Å². The predicted octanol–water partition coefficient (Wildman–Crippen LogP) is 2.76. The highest BCUT2D eigenvalue weighted by molar-refractivity contribution is 7.09. The minimum absolute atomic E-state index is 0.109. The Hall–Kier alpha value is -1.43. The molecule has 2 amide bonds. The highest BCUT2D eigenvalue weighted by atomic mass is 32.1. The number of piperidine rings is 1. The van der Waals surface area contributed by atoms with Gasteiger partial charge in [-0.3, -0.25) is 9.59 Å². The van der Waals surface area contributed by atoms with Gasteiger partial charge in [-0.15, -0.1) is 11.3 Å². The topological polar surface area (TPSA) is 53.5 Å². The minimum Gasteiger partial charge on any atom is -0.342 e. The third-order valence-electron chi connectivity index (χ3n) is 5.45. The molecular formula is C18H25N3O2S. The van der Waals surface area contributed by atoms with Crippen molar-refractivity contribution in [2.75, 3.05) is 19.6 Å². The standard InChI is InChI=1S/C18H25N3O2S/c1-12-11-24-17(19-12)15-4-2-3-7-21(15)18(23)14-8-16(22)20(10-14)9-13-5-6-13/h11,13-15H,2-10H2,1H3/t14-,15+/m1/s1. The van der Waals surface area contributed by atoms with Crippen molar-refractivity contribution in [2.45, 2.75) is 51.5 Å². The van der Waals surface area contributed by atoms with E-state index >= 15 is 0 Å². The SMILES string of the molecule is Cc1csc([C@@H]2CCCCN2C(=O)[C@@H]2CC(=O)N(CC3CC3)C2)n1. The lowest BCUT2D eigenvalue weighted by Crippen LogP contribution is -2.42. The maximum atomic E-state index is 13.1. The molecule has 1 aromatic rings. The molecule has 3 fully saturated rings. The molecule has 0 unspecified atom stereocenters. The number of thiazole rings is 1. The number of aryl methyl sites for hydroxylation is 1. The van der Waals surface area contributed by atoms with Crippen molar-refractivity contribution < 1.29 is 9.59 Å². The average Bonchev–Trinajstić information content (AvgIpc) is 3.18. The lowest BCUT2D eigenvalue weighted by molar-refractivity contribution is -0.139. The molecule has 1 aromatic heterocycles. The summed E-state index contributed by atoms with van der Waals surface area (Å²) in [7, 11) is 0. The second-order valence-electron chi connectivity index (χ2n) is 7.51. The first-order chi connectivity index (χ1) is 11.6. The summed E-state index contributed by atoms with van der Waals surface area (Å²) in [5, 5.41) is 3.11. The van der Waals surface area contributed by atoms with Crippen LogP contribution in [0, 0.1) is 18.8 Å². The van der Waals surface area contributed by atoms with E-state index in [1.54, 1.807) is 11.3 Å². The largest absolute Gasteiger partial charge is 0.342 e. The maximum absolute atomic E-state index is 13.1. The van der Waals surface area contributed by atoms with Crippen LogP contribution in [0.1, 0.15) is 55.3 Å². The molecular weight excluding hydrogens is 322 g/mol. The normalized spacial score (nSPS) is 27.8. The molecule has 3 aliphatic rings. The van der Waals surface area contributed by atoms with Crippen molar-refractivity contribution in [3.63, 3.8) is 0 Å². The fraction of sp³-hybridized carbons (Fsp3) is 0.722. The van der Waals surface area contributed by atoms with Crippen LogP contribution in [0.15, 0.2) is 5.38 Å². The first-order valence-electron chi connectivity index (χ1n) is 9.12. The Morgan fingerprint density at radius 3 is 2.88 bits per heavy atom. The molecule has 2 aliphatic heterocycles. The molecule has 2 saturated heterocycles. The van der Waals surface area contributed by atoms with Gasteiger partial charge in [0.05, 0.1) is 12.0 Å². The molecule has 130 valence electrons. The Morgan fingerprint density at radius 2 is 2.17 bits per heavy atom. The van der Waals surface area contributed by atoms with E-state index in [0.717, 1.165) is 43.1 Å². The number of carbonyl (C=O) groups excluding carboxylic acids is 2. The molecule has 24 heavy (non-hydrogen) atoms. The van der Waals surface area contributed by atoms with Crippen LogP contribution in [-0.4, -0.2) is 46.2 Å². The fourth-order valence-corrected chi connectivity index (χ4v) is 4.88. The van der Waals surface area contributed by atoms with Crippen LogP contribution in [0.25, 0.3) is 0 Å². The van der Waals surface area contributed by atoms with Gasteiger partial charge >= 0.3 is 0 Å². The number of hydrogen-bond donors (Lipinski definition) is 0. The summed E-state index contributed by atoms with van der Waals surface area (Å²) in [4.78, 5) is 33.9. The van der Waals surface area contributed by atoms with Crippen LogP contribution in [0.5, 0.6) is 0 Å². The van der Waals surface area contributed by atoms with Crippen LogP contribution in [0.2, 0.25) is 0 Å². The molecule has 6 heteroatoms. The average molecular weight is 347 g/mol. The number of hydrogen-bond acceptors (Lipinski definition) is 4. The summed E-state index contributed by atoms with van der Waals surface area (Å²) in [5.41, 5.74) is 1.03. The Bertz CT molecular complexity index is 640. The van der Waals surface area contributed by atoms with Gasteiger partial charge in [-0.25, -0.2) is 4.98 Å². The summed E-state index contributed by atoms with van der Waals surface area (Å²) < 4.78 is 0. The second kappa shape index (κ2) is 6.47. The number of rotatable bonds is 4. The maximum Gasteiger partial charge on any atom is 0.228 e.